The average molecular weight is 326 g/mol. The molecule has 98 valence electrons. The molecule has 0 heterocycles. The third kappa shape index (κ3) is 2.90. The fourth-order valence-electron chi connectivity index (χ4n) is 1.53. The second kappa shape index (κ2) is 5.36. The van der Waals surface area contributed by atoms with Gasteiger partial charge in [0.15, 0.2) is 0 Å². The van der Waals surface area contributed by atoms with Gasteiger partial charge in [-0.3, -0.25) is 10.1 Å². The fraction of sp³-hybridized carbons (Fsp3) is 0.0769. The van der Waals surface area contributed by atoms with Crippen LogP contribution in [-0.2, 0) is 0 Å². The highest BCUT2D eigenvalue weighted by molar-refractivity contribution is 9.10. The Hall–Kier alpha value is -1.95. The maximum atomic E-state index is 12.8. The molecule has 0 saturated heterocycles. The number of hydrogen-bond acceptors (Lipinski definition) is 3. The van der Waals surface area contributed by atoms with E-state index >= 15 is 0 Å². The largest absolute Gasteiger partial charge is 0.457 e. The zero-order valence-electron chi connectivity index (χ0n) is 9.89. The Balaban J connectivity index is 2.34. The van der Waals surface area contributed by atoms with E-state index in [-0.39, 0.29) is 11.5 Å². The third-order valence-electron chi connectivity index (χ3n) is 2.55. The van der Waals surface area contributed by atoms with Crippen LogP contribution in [0.15, 0.2) is 40.9 Å². The van der Waals surface area contributed by atoms with Gasteiger partial charge in [0, 0.05) is 11.6 Å². The lowest BCUT2D eigenvalue weighted by Gasteiger charge is -2.10. The Morgan fingerprint density at radius 2 is 1.84 bits per heavy atom. The number of nitrogens with zero attached hydrogens (tertiary/aromatic N) is 1. The number of nitro benzene ring substituents is 1. The standard InChI is InChI=1S/C13H9BrFNO3/c1-8-12(7-6-11(13(8)14)16(17)18)19-10-4-2-9(15)3-5-10/h2-7H,1H3. The van der Waals surface area contributed by atoms with E-state index in [4.69, 9.17) is 4.74 Å². The molecule has 0 radical (unpaired) electrons. The van der Waals surface area contributed by atoms with Crippen molar-refractivity contribution in [3.8, 4) is 11.5 Å². The molecular weight excluding hydrogens is 317 g/mol. The second-order valence-electron chi connectivity index (χ2n) is 3.83. The van der Waals surface area contributed by atoms with Gasteiger partial charge in [-0.1, -0.05) is 0 Å². The van der Waals surface area contributed by atoms with Crippen LogP contribution in [0.5, 0.6) is 11.5 Å². The molecule has 4 nitrogen and oxygen atoms in total. The van der Waals surface area contributed by atoms with E-state index in [1.807, 2.05) is 0 Å². The summed E-state index contributed by atoms with van der Waals surface area (Å²) < 4.78 is 18.7. The summed E-state index contributed by atoms with van der Waals surface area (Å²) in [5.74, 6) is 0.586. The lowest BCUT2D eigenvalue weighted by atomic mass is 10.2. The van der Waals surface area contributed by atoms with Crippen molar-refractivity contribution < 1.29 is 14.1 Å². The summed E-state index contributed by atoms with van der Waals surface area (Å²) in [7, 11) is 0. The van der Waals surface area contributed by atoms with E-state index < -0.39 is 4.92 Å². The molecule has 2 rings (SSSR count). The summed E-state index contributed by atoms with van der Waals surface area (Å²) in [5.41, 5.74) is 0.586. The van der Waals surface area contributed by atoms with Crippen LogP contribution in [-0.4, -0.2) is 4.92 Å². The Labute approximate surface area is 117 Å². The molecule has 0 saturated carbocycles. The lowest BCUT2D eigenvalue weighted by molar-refractivity contribution is -0.385. The first-order valence-electron chi connectivity index (χ1n) is 5.36. The molecule has 0 aromatic heterocycles. The molecule has 0 unspecified atom stereocenters. The van der Waals surface area contributed by atoms with E-state index in [0.717, 1.165) is 0 Å². The first-order valence-corrected chi connectivity index (χ1v) is 6.15. The zero-order valence-corrected chi connectivity index (χ0v) is 11.5. The number of hydrogen-bond donors (Lipinski definition) is 0. The van der Waals surface area contributed by atoms with Crippen LogP contribution in [0.4, 0.5) is 10.1 Å². The quantitative estimate of drug-likeness (QED) is 0.612. The smallest absolute Gasteiger partial charge is 0.284 e. The minimum absolute atomic E-state index is 0.0241. The summed E-state index contributed by atoms with van der Waals surface area (Å²) in [4.78, 5) is 10.3. The van der Waals surface area contributed by atoms with E-state index in [1.54, 1.807) is 6.92 Å². The fourth-order valence-corrected chi connectivity index (χ4v) is 2.01. The van der Waals surface area contributed by atoms with Crippen LogP contribution in [0.3, 0.4) is 0 Å². The maximum Gasteiger partial charge on any atom is 0.284 e. The number of nitro groups is 1. The van der Waals surface area contributed by atoms with Crippen LogP contribution in [0.2, 0.25) is 0 Å². The van der Waals surface area contributed by atoms with Gasteiger partial charge in [0.25, 0.3) is 5.69 Å². The van der Waals surface area contributed by atoms with Gasteiger partial charge in [-0.2, -0.15) is 0 Å². The number of halogens is 2. The van der Waals surface area contributed by atoms with Gasteiger partial charge in [-0.25, -0.2) is 4.39 Å². The summed E-state index contributed by atoms with van der Waals surface area (Å²) in [6.07, 6.45) is 0. The Kier molecular flexibility index (Phi) is 3.80. The van der Waals surface area contributed by atoms with Crippen LogP contribution >= 0.6 is 15.9 Å². The highest BCUT2D eigenvalue weighted by Gasteiger charge is 2.17. The monoisotopic (exact) mass is 325 g/mol. The number of rotatable bonds is 3. The van der Waals surface area contributed by atoms with Crippen molar-refractivity contribution >= 4 is 21.6 Å². The molecule has 0 amide bonds. The van der Waals surface area contributed by atoms with Crippen LogP contribution in [0, 0.1) is 22.9 Å². The van der Waals surface area contributed by atoms with Gasteiger partial charge in [-0.15, -0.1) is 0 Å². The predicted molar refractivity (Wildman–Crippen MR) is 72.0 cm³/mol. The van der Waals surface area contributed by atoms with E-state index in [0.29, 0.717) is 21.5 Å². The molecule has 2 aromatic carbocycles. The molecule has 0 atom stereocenters. The van der Waals surface area contributed by atoms with Crippen molar-refractivity contribution in [3.05, 3.63) is 62.4 Å². The second-order valence-corrected chi connectivity index (χ2v) is 4.63. The molecule has 0 fully saturated rings. The molecule has 0 N–H and O–H groups in total. The summed E-state index contributed by atoms with van der Waals surface area (Å²) in [5, 5.41) is 10.8. The maximum absolute atomic E-state index is 12.8. The highest BCUT2D eigenvalue weighted by atomic mass is 79.9. The normalized spacial score (nSPS) is 10.3. The van der Waals surface area contributed by atoms with Gasteiger partial charge in [0.2, 0.25) is 0 Å². The van der Waals surface area contributed by atoms with Gasteiger partial charge in [0.05, 0.1) is 4.92 Å². The molecule has 0 spiro atoms. The SMILES string of the molecule is Cc1c(Oc2ccc(F)cc2)ccc([N+](=O)[O-])c1Br. The predicted octanol–water partition coefficient (Wildman–Crippen LogP) is 4.60. The highest BCUT2D eigenvalue weighted by Crippen LogP contribution is 2.36. The number of benzene rings is 2. The molecule has 19 heavy (non-hydrogen) atoms. The number of ether oxygens (including phenoxy) is 1. The molecule has 6 heteroatoms. The van der Waals surface area contributed by atoms with E-state index in [9.17, 15) is 14.5 Å². The Morgan fingerprint density at radius 1 is 1.21 bits per heavy atom. The van der Waals surface area contributed by atoms with Crippen LogP contribution < -0.4 is 4.74 Å². The van der Waals surface area contributed by atoms with Gasteiger partial charge < -0.3 is 4.74 Å². The lowest BCUT2D eigenvalue weighted by Crippen LogP contribution is -1.94. The topological polar surface area (TPSA) is 52.4 Å². The Bertz CT molecular complexity index is 629. The zero-order chi connectivity index (χ0) is 14.0. The molecule has 0 bridgehead atoms. The van der Waals surface area contributed by atoms with Gasteiger partial charge >= 0.3 is 0 Å². The van der Waals surface area contributed by atoms with Gasteiger partial charge in [-0.05, 0) is 53.2 Å². The molecule has 0 aliphatic heterocycles. The summed E-state index contributed by atoms with van der Waals surface area (Å²) >= 11 is 3.17. The van der Waals surface area contributed by atoms with Crippen molar-refractivity contribution in [3.63, 3.8) is 0 Å². The van der Waals surface area contributed by atoms with Crippen molar-refractivity contribution in [2.75, 3.05) is 0 Å². The minimum atomic E-state index is -0.473. The van der Waals surface area contributed by atoms with Crippen molar-refractivity contribution in [1.29, 1.82) is 0 Å². The molecule has 2 aromatic rings. The van der Waals surface area contributed by atoms with Crippen LogP contribution in [0.25, 0.3) is 0 Å². The summed E-state index contributed by atoms with van der Waals surface area (Å²) in [6.45, 7) is 1.70. The van der Waals surface area contributed by atoms with Crippen molar-refractivity contribution in [2.24, 2.45) is 0 Å². The summed E-state index contributed by atoms with van der Waals surface area (Å²) in [6, 6.07) is 8.42. The van der Waals surface area contributed by atoms with E-state index in [2.05, 4.69) is 15.9 Å². The first-order chi connectivity index (χ1) is 8.99. The first kappa shape index (κ1) is 13.5. The third-order valence-corrected chi connectivity index (χ3v) is 3.56. The Morgan fingerprint density at radius 3 is 2.42 bits per heavy atom. The molecule has 0 aliphatic carbocycles. The average Bonchev–Trinajstić information content (AvgIpc) is 2.37. The van der Waals surface area contributed by atoms with E-state index in [1.165, 1.54) is 36.4 Å². The minimum Gasteiger partial charge on any atom is -0.457 e. The molecule has 0 aliphatic rings. The van der Waals surface area contributed by atoms with Crippen molar-refractivity contribution in [1.82, 2.24) is 0 Å². The molecular formula is C13H9BrFNO3. The van der Waals surface area contributed by atoms with Crippen LogP contribution in [0.1, 0.15) is 5.56 Å². The van der Waals surface area contributed by atoms with Gasteiger partial charge in [0.1, 0.15) is 21.8 Å². The van der Waals surface area contributed by atoms with Crippen molar-refractivity contribution in [2.45, 2.75) is 6.92 Å².